The molecule has 0 aliphatic heterocycles. The van der Waals surface area contributed by atoms with Crippen LogP contribution in [0.4, 0.5) is 0 Å². The number of carbonyl (C=O) groups excluding carboxylic acids is 1. The smallest absolute Gasteiger partial charge is 0.319 e. The van der Waals surface area contributed by atoms with Gasteiger partial charge in [-0.2, -0.15) is 0 Å². The van der Waals surface area contributed by atoms with Crippen molar-refractivity contribution in [1.29, 1.82) is 0 Å². The summed E-state index contributed by atoms with van der Waals surface area (Å²) in [4.78, 5) is 20.4. The van der Waals surface area contributed by atoms with Crippen LogP contribution in [-0.2, 0) is 14.9 Å². The second-order valence-electron chi connectivity index (χ2n) is 4.20. The van der Waals surface area contributed by atoms with Crippen molar-refractivity contribution in [1.82, 2.24) is 9.97 Å². The fourth-order valence-electron chi connectivity index (χ4n) is 1.98. The number of nitrogens with one attached hydrogen (secondary N) is 1. The summed E-state index contributed by atoms with van der Waals surface area (Å²) in [7, 11) is 1.42. The van der Waals surface area contributed by atoms with Crippen molar-refractivity contribution < 1.29 is 9.53 Å². The van der Waals surface area contributed by atoms with E-state index in [0.29, 0.717) is 0 Å². The molecule has 2 heterocycles. The van der Waals surface area contributed by atoms with Crippen LogP contribution in [0.2, 0.25) is 0 Å². The molecule has 17 heavy (non-hydrogen) atoms. The van der Waals surface area contributed by atoms with Gasteiger partial charge < -0.3 is 9.72 Å². The number of ether oxygens (including phenoxy) is 1. The number of hydrogen-bond acceptors (Lipinski definition) is 4. The molecule has 3 rings (SSSR count). The van der Waals surface area contributed by atoms with Gasteiger partial charge in [0.2, 0.25) is 0 Å². The normalized spacial score (nSPS) is 16.8. The van der Waals surface area contributed by atoms with Crippen LogP contribution in [0.1, 0.15) is 18.7 Å². The molecule has 1 fully saturated rings. The van der Waals surface area contributed by atoms with Crippen LogP contribution < -0.4 is 0 Å². The largest absolute Gasteiger partial charge is 0.468 e. The van der Waals surface area contributed by atoms with Crippen molar-refractivity contribution in [2.24, 2.45) is 0 Å². The van der Waals surface area contributed by atoms with E-state index in [9.17, 15) is 4.79 Å². The summed E-state index contributed by atoms with van der Waals surface area (Å²) in [6, 6.07) is 4.02. The van der Waals surface area contributed by atoms with Crippen molar-refractivity contribution >= 4 is 17.3 Å². The molecule has 4 nitrogen and oxygen atoms in total. The van der Waals surface area contributed by atoms with Crippen LogP contribution in [0.3, 0.4) is 0 Å². The predicted octanol–water partition coefficient (Wildman–Crippen LogP) is 2.34. The summed E-state index contributed by atoms with van der Waals surface area (Å²) < 4.78 is 4.84. The highest BCUT2D eigenvalue weighted by Gasteiger charge is 2.55. The molecule has 0 bridgehead atoms. The molecule has 2 aromatic heterocycles. The second-order valence-corrected chi connectivity index (χ2v) is 5.14. The van der Waals surface area contributed by atoms with E-state index in [1.54, 1.807) is 17.5 Å². The number of imidazole rings is 1. The predicted molar refractivity (Wildman–Crippen MR) is 64.8 cm³/mol. The fourth-order valence-corrected chi connectivity index (χ4v) is 2.67. The minimum Gasteiger partial charge on any atom is -0.468 e. The Hall–Kier alpha value is -1.62. The van der Waals surface area contributed by atoms with Gasteiger partial charge in [0.15, 0.2) is 0 Å². The number of H-pyrrole nitrogens is 1. The molecule has 0 atom stereocenters. The van der Waals surface area contributed by atoms with Crippen LogP contribution in [0, 0.1) is 0 Å². The van der Waals surface area contributed by atoms with Gasteiger partial charge in [0, 0.05) is 0 Å². The van der Waals surface area contributed by atoms with E-state index in [0.717, 1.165) is 29.2 Å². The molecular weight excluding hydrogens is 236 g/mol. The van der Waals surface area contributed by atoms with Crippen LogP contribution in [0.5, 0.6) is 0 Å². The third kappa shape index (κ3) is 1.58. The van der Waals surface area contributed by atoms with Gasteiger partial charge in [-0.1, -0.05) is 6.07 Å². The lowest BCUT2D eigenvalue weighted by molar-refractivity contribution is -0.143. The number of carbonyl (C=O) groups is 1. The van der Waals surface area contributed by atoms with Crippen LogP contribution in [-0.4, -0.2) is 23.0 Å². The third-order valence-corrected chi connectivity index (χ3v) is 4.05. The molecular formula is C12H12N2O2S. The van der Waals surface area contributed by atoms with E-state index in [1.807, 2.05) is 17.5 Å². The highest BCUT2D eigenvalue weighted by atomic mass is 32.1. The minimum absolute atomic E-state index is 0.190. The quantitative estimate of drug-likeness (QED) is 0.848. The zero-order valence-corrected chi connectivity index (χ0v) is 10.2. The summed E-state index contributed by atoms with van der Waals surface area (Å²) >= 11 is 1.65. The summed E-state index contributed by atoms with van der Waals surface area (Å²) in [6.07, 6.45) is 3.41. The lowest BCUT2D eigenvalue weighted by Crippen LogP contribution is -2.23. The van der Waals surface area contributed by atoms with E-state index in [-0.39, 0.29) is 5.97 Å². The first-order valence-electron chi connectivity index (χ1n) is 5.44. The summed E-state index contributed by atoms with van der Waals surface area (Å²) in [5.41, 5.74) is 0.453. The molecule has 2 aromatic rings. The average Bonchev–Trinajstić information content (AvgIpc) is 2.84. The van der Waals surface area contributed by atoms with Gasteiger partial charge in [-0.15, -0.1) is 11.3 Å². The highest BCUT2D eigenvalue weighted by Crippen LogP contribution is 2.48. The average molecular weight is 248 g/mol. The number of hydrogen-bond donors (Lipinski definition) is 1. The molecule has 1 aliphatic carbocycles. The first kappa shape index (κ1) is 10.5. The first-order chi connectivity index (χ1) is 8.26. The van der Waals surface area contributed by atoms with Gasteiger partial charge in [0.1, 0.15) is 11.2 Å². The Balaban J connectivity index is 1.94. The number of thiophene rings is 1. The van der Waals surface area contributed by atoms with Crippen molar-refractivity contribution in [3.63, 3.8) is 0 Å². The maximum absolute atomic E-state index is 11.7. The van der Waals surface area contributed by atoms with Gasteiger partial charge in [0.05, 0.1) is 23.9 Å². The van der Waals surface area contributed by atoms with E-state index in [2.05, 4.69) is 9.97 Å². The molecule has 5 heteroatoms. The standard InChI is InChI=1S/C12H12N2O2S/c1-16-11(15)12(4-5-12)10-13-7-8(14-10)9-3-2-6-17-9/h2-3,6-7H,4-5H2,1H3,(H,13,14). The number of rotatable bonds is 3. The second kappa shape index (κ2) is 3.70. The minimum atomic E-state index is -0.510. The number of aromatic amines is 1. The lowest BCUT2D eigenvalue weighted by atomic mass is 10.1. The Kier molecular flexibility index (Phi) is 2.29. The number of methoxy groups -OCH3 is 1. The number of nitrogens with zero attached hydrogens (tertiary/aromatic N) is 1. The maximum Gasteiger partial charge on any atom is 0.319 e. The summed E-state index contributed by atoms with van der Waals surface area (Å²) in [5.74, 6) is 0.539. The Labute approximate surface area is 103 Å². The van der Waals surface area contributed by atoms with E-state index in [4.69, 9.17) is 4.74 Å². The van der Waals surface area contributed by atoms with Crippen LogP contribution in [0.15, 0.2) is 23.7 Å². The number of esters is 1. The molecule has 0 spiro atoms. The Morgan fingerprint density at radius 3 is 3.00 bits per heavy atom. The SMILES string of the molecule is COC(=O)C1(c2ncc(-c3cccs3)[nH]2)CC1. The molecule has 0 aromatic carbocycles. The zero-order chi connectivity index (χ0) is 11.9. The molecule has 1 N–H and O–H groups in total. The van der Waals surface area contributed by atoms with E-state index >= 15 is 0 Å². The van der Waals surface area contributed by atoms with Gasteiger partial charge in [-0.05, 0) is 24.3 Å². The van der Waals surface area contributed by atoms with Gasteiger partial charge >= 0.3 is 5.97 Å². The topological polar surface area (TPSA) is 55.0 Å². The summed E-state index contributed by atoms with van der Waals surface area (Å²) in [5, 5.41) is 2.02. The molecule has 88 valence electrons. The Bertz CT molecular complexity index is 541. The van der Waals surface area contributed by atoms with Crippen molar-refractivity contribution in [3.8, 4) is 10.6 Å². The Morgan fingerprint density at radius 1 is 1.59 bits per heavy atom. The van der Waals surface area contributed by atoms with Crippen LogP contribution in [0.25, 0.3) is 10.6 Å². The molecule has 0 amide bonds. The first-order valence-corrected chi connectivity index (χ1v) is 6.32. The van der Waals surface area contributed by atoms with Gasteiger partial charge in [-0.3, -0.25) is 4.79 Å². The van der Waals surface area contributed by atoms with Gasteiger partial charge in [0.25, 0.3) is 0 Å². The third-order valence-electron chi connectivity index (χ3n) is 3.14. The lowest BCUT2D eigenvalue weighted by Gasteiger charge is -2.08. The van der Waals surface area contributed by atoms with E-state index < -0.39 is 5.41 Å². The maximum atomic E-state index is 11.7. The van der Waals surface area contributed by atoms with Gasteiger partial charge in [-0.25, -0.2) is 4.98 Å². The van der Waals surface area contributed by atoms with Crippen molar-refractivity contribution in [2.45, 2.75) is 18.3 Å². The molecule has 0 unspecified atom stereocenters. The zero-order valence-electron chi connectivity index (χ0n) is 9.40. The fraction of sp³-hybridized carbons (Fsp3) is 0.333. The number of aromatic nitrogens is 2. The van der Waals surface area contributed by atoms with Crippen LogP contribution >= 0.6 is 11.3 Å². The summed E-state index contributed by atoms with van der Waals surface area (Å²) in [6.45, 7) is 0. The molecule has 0 saturated heterocycles. The molecule has 1 saturated carbocycles. The van der Waals surface area contributed by atoms with Crippen molar-refractivity contribution in [3.05, 3.63) is 29.5 Å². The molecule has 1 aliphatic rings. The van der Waals surface area contributed by atoms with Crippen molar-refractivity contribution in [2.75, 3.05) is 7.11 Å². The monoisotopic (exact) mass is 248 g/mol. The Morgan fingerprint density at radius 2 is 2.41 bits per heavy atom. The highest BCUT2D eigenvalue weighted by molar-refractivity contribution is 7.13. The van der Waals surface area contributed by atoms with E-state index in [1.165, 1.54) is 7.11 Å². The molecule has 0 radical (unpaired) electrons.